The largest absolute Gasteiger partial charge is 0.340 e. The first-order valence-electron chi connectivity index (χ1n) is 6.85. The van der Waals surface area contributed by atoms with Crippen LogP contribution >= 0.6 is 11.8 Å². The Balaban J connectivity index is 2.54. The molecule has 1 heterocycles. The molecule has 0 bridgehead atoms. The molecule has 2 amide bonds. The molecule has 0 N–H and O–H groups in total. The number of hydrogen-bond acceptors (Lipinski definition) is 3. The normalized spacial score (nSPS) is 19.7. The fraction of sp³-hybridized carbons (Fsp3) is 0.714. The molecule has 0 aromatic heterocycles. The average Bonchev–Trinajstić information content (AvgIpc) is 2.63. The van der Waals surface area contributed by atoms with E-state index in [1.807, 2.05) is 16.7 Å². The molecule has 1 fully saturated rings. The lowest BCUT2D eigenvalue weighted by molar-refractivity contribution is -0.137. The number of amides is 2. The van der Waals surface area contributed by atoms with Gasteiger partial charge in [-0.1, -0.05) is 19.9 Å². The smallest absolute Gasteiger partial charge is 0.246 e. The second-order valence-corrected chi connectivity index (χ2v) is 6.39. The van der Waals surface area contributed by atoms with Crippen LogP contribution in [0.2, 0.25) is 0 Å². The van der Waals surface area contributed by atoms with Crippen LogP contribution in [0.1, 0.15) is 26.2 Å². The van der Waals surface area contributed by atoms with Gasteiger partial charge in [-0.2, -0.15) is 11.8 Å². The zero-order valence-electron chi connectivity index (χ0n) is 11.9. The van der Waals surface area contributed by atoms with Crippen LogP contribution in [0.5, 0.6) is 0 Å². The molecule has 0 radical (unpaired) electrons. The fourth-order valence-electron chi connectivity index (χ4n) is 2.24. The maximum atomic E-state index is 12.2. The molecular weight excluding hydrogens is 260 g/mol. The van der Waals surface area contributed by atoms with Gasteiger partial charge in [-0.3, -0.25) is 9.59 Å². The van der Waals surface area contributed by atoms with Crippen LogP contribution in [0.25, 0.3) is 0 Å². The van der Waals surface area contributed by atoms with E-state index in [1.165, 1.54) is 23.8 Å². The van der Waals surface area contributed by atoms with Crippen molar-refractivity contribution in [2.45, 2.75) is 31.4 Å². The SMILES string of the molecule is C=CC(=O)N(C)CC(=O)N1CCCCC(SCC)C1. The minimum absolute atomic E-state index is 0.0429. The van der Waals surface area contributed by atoms with Gasteiger partial charge >= 0.3 is 0 Å². The highest BCUT2D eigenvalue weighted by atomic mass is 32.2. The average molecular weight is 284 g/mol. The molecule has 1 aliphatic heterocycles. The van der Waals surface area contributed by atoms with E-state index in [9.17, 15) is 9.59 Å². The minimum atomic E-state index is -0.206. The van der Waals surface area contributed by atoms with Gasteiger partial charge in [0.1, 0.15) is 0 Å². The molecule has 0 spiro atoms. The van der Waals surface area contributed by atoms with Crippen LogP contribution in [-0.4, -0.2) is 59.3 Å². The third kappa shape index (κ3) is 5.27. The molecule has 1 atom stereocenters. The number of carbonyl (C=O) groups excluding carboxylic acids is 2. The van der Waals surface area contributed by atoms with Crippen molar-refractivity contribution in [2.75, 3.05) is 32.4 Å². The standard InChI is InChI=1S/C14H24N2O2S/c1-4-13(17)15(3)11-14(18)16-9-7-6-8-12(10-16)19-5-2/h4,12H,1,5-11H2,2-3H3. The van der Waals surface area contributed by atoms with E-state index < -0.39 is 0 Å². The molecule has 1 unspecified atom stereocenters. The van der Waals surface area contributed by atoms with Crippen molar-refractivity contribution in [2.24, 2.45) is 0 Å². The van der Waals surface area contributed by atoms with Crippen molar-refractivity contribution < 1.29 is 9.59 Å². The number of likely N-dealkylation sites (tertiary alicyclic amines) is 1. The Morgan fingerprint density at radius 1 is 1.47 bits per heavy atom. The Hall–Kier alpha value is -0.970. The number of rotatable bonds is 5. The third-order valence-electron chi connectivity index (χ3n) is 3.31. The van der Waals surface area contributed by atoms with Gasteiger partial charge in [0.15, 0.2) is 0 Å². The van der Waals surface area contributed by atoms with Crippen LogP contribution in [0, 0.1) is 0 Å². The van der Waals surface area contributed by atoms with Gasteiger partial charge in [0, 0.05) is 25.4 Å². The first kappa shape index (κ1) is 16.1. The van der Waals surface area contributed by atoms with Crippen molar-refractivity contribution in [3.63, 3.8) is 0 Å². The van der Waals surface area contributed by atoms with E-state index in [4.69, 9.17) is 0 Å². The minimum Gasteiger partial charge on any atom is -0.340 e. The van der Waals surface area contributed by atoms with E-state index in [1.54, 1.807) is 7.05 Å². The molecule has 1 rings (SSSR count). The Kier molecular flexibility index (Phi) is 6.99. The van der Waals surface area contributed by atoms with Gasteiger partial charge in [0.25, 0.3) is 0 Å². The summed E-state index contributed by atoms with van der Waals surface area (Å²) in [4.78, 5) is 26.9. The number of likely N-dealkylation sites (N-methyl/N-ethyl adjacent to an activating group) is 1. The van der Waals surface area contributed by atoms with E-state index in [0.717, 1.165) is 25.3 Å². The van der Waals surface area contributed by atoms with Gasteiger partial charge in [-0.05, 0) is 24.7 Å². The molecular formula is C14H24N2O2S. The zero-order valence-corrected chi connectivity index (χ0v) is 12.7. The number of carbonyl (C=O) groups is 2. The van der Waals surface area contributed by atoms with Crippen molar-refractivity contribution in [1.82, 2.24) is 9.80 Å². The Morgan fingerprint density at radius 2 is 2.21 bits per heavy atom. The summed E-state index contributed by atoms with van der Waals surface area (Å²) in [6, 6.07) is 0. The zero-order chi connectivity index (χ0) is 14.3. The summed E-state index contributed by atoms with van der Waals surface area (Å²) in [5.41, 5.74) is 0. The first-order valence-corrected chi connectivity index (χ1v) is 7.90. The van der Waals surface area contributed by atoms with Gasteiger partial charge in [-0.25, -0.2) is 0 Å². The molecule has 0 aromatic rings. The monoisotopic (exact) mass is 284 g/mol. The first-order chi connectivity index (χ1) is 9.08. The van der Waals surface area contributed by atoms with Gasteiger partial charge in [-0.15, -0.1) is 0 Å². The topological polar surface area (TPSA) is 40.6 Å². The predicted molar refractivity (Wildman–Crippen MR) is 80.2 cm³/mol. The second kappa shape index (κ2) is 8.25. The molecule has 108 valence electrons. The van der Waals surface area contributed by atoms with Crippen molar-refractivity contribution >= 4 is 23.6 Å². The summed E-state index contributed by atoms with van der Waals surface area (Å²) in [6.45, 7) is 7.36. The van der Waals surface area contributed by atoms with Crippen LogP contribution in [0.4, 0.5) is 0 Å². The summed E-state index contributed by atoms with van der Waals surface area (Å²) < 4.78 is 0. The van der Waals surface area contributed by atoms with Crippen molar-refractivity contribution in [1.29, 1.82) is 0 Å². The van der Waals surface area contributed by atoms with Gasteiger partial charge < -0.3 is 9.80 Å². The van der Waals surface area contributed by atoms with Crippen LogP contribution in [0.3, 0.4) is 0 Å². The summed E-state index contributed by atoms with van der Waals surface area (Å²) in [5.74, 6) is 0.922. The van der Waals surface area contributed by atoms with Gasteiger partial charge in [0.05, 0.1) is 6.54 Å². The summed E-state index contributed by atoms with van der Waals surface area (Å²) in [5, 5.41) is 0.539. The quantitative estimate of drug-likeness (QED) is 0.722. The van der Waals surface area contributed by atoms with E-state index >= 15 is 0 Å². The highest BCUT2D eigenvalue weighted by Gasteiger charge is 2.23. The van der Waals surface area contributed by atoms with E-state index in [-0.39, 0.29) is 18.4 Å². The Bertz CT molecular complexity index is 333. The molecule has 1 aliphatic rings. The predicted octanol–water partition coefficient (Wildman–Crippen LogP) is 1.76. The van der Waals surface area contributed by atoms with Gasteiger partial charge in [0.2, 0.25) is 11.8 Å². The van der Waals surface area contributed by atoms with Crippen LogP contribution in [0.15, 0.2) is 12.7 Å². The lowest BCUT2D eigenvalue weighted by Crippen LogP contribution is -2.42. The maximum absolute atomic E-state index is 12.2. The van der Waals surface area contributed by atoms with Crippen LogP contribution < -0.4 is 0 Å². The molecule has 5 heteroatoms. The molecule has 0 aliphatic carbocycles. The Labute approximate surface area is 120 Å². The summed E-state index contributed by atoms with van der Waals surface area (Å²) in [6.07, 6.45) is 4.67. The summed E-state index contributed by atoms with van der Waals surface area (Å²) in [7, 11) is 1.64. The highest BCUT2D eigenvalue weighted by Crippen LogP contribution is 2.22. The number of thioether (sulfide) groups is 1. The third-order valence-corrected chi connectivity index (χ3v) is 4.50. The van der Waals surface area contributed by atoms with Crippen LogP contribution in [-0.2, 0) is 9.59 Å². The summed E-state index contributed by atoms with van der Waals surface area (Å²) >= 11 is 1.93. The van der Waals surface area contributed by atoms with Crippen molar-refractivity contribution in [3.8, 4) is 0 Å². The van der Waals surface area contributed by atoms with Crippen molar-refractivity contribution in [3.05, 3.63) is 12.7 Å². The molecule has 19 heavy (non-hydrogen) atoms. The Morgan fingerprint density at radius 3 is 2.84 bits per heavy atom. The fourth-order valence-corrected chi connectivity index (χ4v) is 3.33. The number of nitrogens with zero attached hydrogens (tertiary/aromatic N) is 2. The highest BCUT2D eigenvalue weighted by molar-refractivity contribution is 7.99. The molecule has 0 aromatic carbocycles. The molecule has 0 saturated carbocycles. The number of hydrogen-bond donors (Lipinski definition) is 0. The lowest BCUT2D eigenvalue weighted by Gasteiger charge is -2.26. The van der Waals surface area contributed by atoms with E-state index in [2.05, 4.69) is 13.5 Å². The maximum Gasteiger partial charge on any atom is 0.246 e. The van der Waals surface area contributed by atoms with E-state index in [0.29, 0.717) is 5.25 Å². The molecule has 1 saturated heterocycles. The lowest BCUT2D eigenvalue weighted by atomic mass is 10.2. The second-order valence-electron chi connectivity index (χ2n) is 4.81. The molecule has 4 nitrogen and oxygen atoms in total.